The third kappa shape index (κ3) is 5.69. The molecule has 2 aromatic rings. The Morgan fingerprint density at radius 3 is 1.46 bits per heavy atom. The van der Waals surface area contributed by atoms with Crippen LogP contribution >= 0.6 is 0 Å². The van der Waals surface area contributed by atoms with Crippen molar-refractivity contribution in [2.75, 3.05) is 51.2 Å². The molecule has 130 valence electrons. The van der Waals surface area contributed by atoms with Crippen molar-refractivity contribution in [2.45, 2.75) is 12.8 Å². The summed E-state index contributed by atoms with van der Waals surface area (Å²) in [6.45, 7) is 1.41. The third-order valence-electron chi connectivity index (χ3n) is 3.74. The van der Waals surface area contributed by atoms with E-state index in [0.717, 1.165) is 35.7 Å². The summed E-state index contributed by atoms with van der Waals surface area (Å²) in [7, 11) is 8.12. The van der Waals surface area contributed by atoms with Gasteiger partial charge in [0.25, 0.3) is 0 Å². The minimum absolute atomic E-state index is 0.706. The van der Waals surface area contributed by atoms with Gasteiger partial charge in [-0.2, -0.15) is 0 Å². The molecule has 0 saturated carbocycles. The minimum atomic E-state index is 0.706. The first-order valence-corrected chi connectivity index (χ1v) is 8.36. The highest BCUT2D eigenvalue weighted by Crippen LogP contribution is 2.20. The zero-order valence-electron chi connectivity index (χ0n) is 15.2. The maximum Gasteiger partial charge on any atom is 0.121 e. The van der Waals surface area contributed by atoms with Crippen LogP contribution in [0.5, 0.6) is 11.5 Å². The monoisotopic (exact) mass is 328 g/mol. The van der Waals surface area contributed by atoms with Crippen molar-refractivity contribution in [1.29, 1.82) is 0 Å². The summed E-state index contributed by atoms with van der Waals surface area (Å²) in [6, 6.07) is 16.3. The van der Waals surface area contributed by atoms with E-state index in [1.807, 2.05) is 52.5 Å². The van der Waals surface area contributed by atoms with Gasteiger partial charge in [0, 0.05) is 51.7 Å². The van der Waals surface area contributed by atoms with Crippen LogP contribution in [-0.4, -0.2) is 41.4 Å². The summed E-state index contributed by atoms with van der Waals surface area (Å²) < 4.78 is 11.6. The lowest BCUT2D eigenvalue weighted by Gasteiger charge is -2.14. The Balaban J connectivity index is 1.67. The summed E-state index contributed by atoms with van der Waals surface area (Å²) >= 11 is 0. The molecule has 24 heavy (non-hydrogen) atoms. The first kappa shape index (κ1) is 18.0. The molecule has 0 unspecified atom stereocenters. The van der Waals surface area contributed by atoms with E-state index < -0.39 is 0 Å². The summed E-state index contributed by atoms with van der Waals surface area (Å²) in [5.41, 5.74) is 2.30. The molecule has 0 N–H and O–H groups in total. The lowest BCUT2D eigenvalue weighted by molar-refractivity contribution is 0.266. The van der Waals surface area contributed by atoms with Crippen LogP contribution in [-0.2, 0) is 0 Å². The van der Waals surface area contributed by atoms with Crippen LogP contribution in [0.25, 0.3) is 0 Å². The van der Waals surface area contributed by atoms with Crippen LogP contribution < -0.4 is 19.3 Å². The number of nitrogens with zero attached hydrogens (tertiary/aromatic N) is 2. The van der Waals surface area contributed by atoms with Crippen molar-refractivity contribution in [2.24, 2.45) is 0 Å². The normalized spacial score (nSPS) is 10.3. The van der Waals surface area contributed by atoms with Crippen LogP contribution in [0.1, 0.15) is 12.8 Å². The number of unbranched alkanes of at least 4 members (excludes halogenated alkanes) is 1. The van der Waals surface area contributed by atoms with Crippen molar-refractivity contribution in [3.05, 3.63) is 48.5 Å². The van der Waals surface area contributed by atoms with E-state index in [-0.39, 0.29) is 0 Å². The largest absolute Gasteiger partial charge is 0.494 e. The topological polar surface area (TPSA) is 24.9 Å². The molecule has 0 aliphatic rings. The maximum absolute atomic E-state index is 5.81. The number of ether oxygens (including phenoxy) is 2. The van der Waals surface area contributed by atoms with Crippen LogP contribution in [0.2, 0.25) is 0 Å². The first-order valence-electron chi connectivity index (χ1n) is 8.36. The van der Waals surface area contributed by atoms with Crippen molar-refractivity contribution in [1.82, 2.24) is 0 Å². The van der Waals surface area contributed by atoms with Gasteiger partial charge in [-0.25, -0.2) is 0 Å². The number of hydrogen-bond donors (Lipinski definition) is 0. The Morgan fingerprint density at radius 1 is 0.667 bits per heavy atom. The van der Waals surface area contributed by atoms with Gasteiger partial charge in [0.05, 0.1) is 13.2 Å². The summed E-state index contributed by atoms with van der Waals surface area (Å²) in [5.74, 6) is 1.83. The van der Waals surface area contributed by atoms with Crippen molar-refractivity contribution in [3.8, 4) is 11.5 Å². The number of rotatable bonds is 9. The Hall–Kier alpha value is -2.36. The summed E-state index contributed by atoms with van der Waals surface area (Å²) in [6.07, 6.45) is 1.94. The van der Waals surface area contributed by atoms with Gasteiger partial charge in [-0.3, -0.25) is 0 Å². The summed E-state index contributed by atoms with van der Waals surface area (Å²) in [5, 5.41) is 0. The molecule has 0 saturated heterocycles. The average molecular weight is 328 g/mol. The highest BCUT2D eigenvalue weighted by molar-refractivity contribution is 5.50. The van der Waals surface area contributed by atoms with Gasteiger partial charge >= 0.3 is 0 Å². The Kier molecular flexibility index (Phi) is 6.79. The van der Waals surface area contributed by atoms with E-state index in [1.165, 1.54) is 0 Å². The molecule has 0 aliphatic heterocycles. The molecule has 0 fully saturated rings. The molecule has 0 heterocycles. The van der Waals surface area contributed by atoms with E-state index in [4.69, 9.17) is 9.47 Å². The molecule has 2 aromatic carbocycles. The maximum atomic E-state index is 5.81. The molecule has 0 atom stereocenters. The molecule has 0 aromatic heterocycles. The van der Waals surface area contributed by atoms with Crippen LogP contribution in [0.3, 0.4) is 0 Å². The van der Waals surface area contributed by atoms with Crippen molar-refractivity contribution in [3.63, 3.8) is 0 Å². The first-order chi connectivity index (χ1) is 11.6. The molecule has 2 rings (SSSR count). The lowest BCUT2D eigenvalue weighted by Crippen LogP contribution is -2.09. The minimum Gasteiger partial charge on any atom is -0.494 e. The highest BCUT2D eigenvalue weighted by Gasteiger charge is 2.00. The van der Waals surface area contributed by atoms with Gasteiger partial charge in [-0.05, 0) is 37.1 Å². The van der Waals surface area contributed by atoms with Gasteiger partial charge in [0.1, 0.15) is 11.5 Å². The Labute approximate surface area is 145 Å². The quantitative estimate of drug-likeness (QED) is 0.648. The van der Waals surface area contributed by atoms with Crippen LogP contribution in [0.15, 0.2) is 48.5 Å². The van der Waals surface area contributed by atoms with Gasteiger partial charge in [-0.1, -0.05) is 12.1 Å². The van der Waals surface area contributed by atoms with E-state index in [2.05, 4.69) is 34.1 Å². The standard InChI is InChI=1S/C20H28N2O2/c1-21(2)17-9-7-11-19(15-17)23-13-5-6-14-24-20-12-8-10-18(16-20)22(3)4/h7-12,15-16H,5-6,13-14H2,1-4H3. The fraction of sp³-hybridized carbons (Fsp3) is 0.400. The Bertz CT molecular complexity index is 571. The molecule has 4 heteroatoms. The lowest BCUT2D eigenvalue weighted by atomic mass is 10.3. The van der Waals surface area contributed by atoms with Crippen LogP contribution in [0.4, 0.5) is 11.4 Å². The van der Waals surface area contributed by atoms with E-state index in [0.29, 0.717) is 13.2 Å². The molecular formula is C20H28N2O2. The predicted molar refractivity (Wildman–Crippen MR) is 102 cm³/mol. The smallest absolute Gasteiger partial charge is 0.121 e. The second kappa shape index (κ2) is 9.06. The number of anilines is 2. The molecule has 0 spiro atoms. The van der Waals surface area contributed by atoms with Gasteiger partial charge in [-0.15, -0.1) is 0 Å². The molecule has 0 amide bonds. The average Bonchev–Trinajstić information content (AvgIpc) is 2.58. The molecule has 0 radical (unpaired) electrons. The number of hydrogen-bond acceptors (Lipinski definition) is 4. The van der Waals surface area contributed by atoms with Crippen molar-refractivity contribution >= 4 is 11.4 Å². The zero-order chi connectivity index (χ0) is 17.4. The van der Waals surface area contributed by atoms with Gasteiger partial charge in [0.15, 0.2) is 0 Å². The highest BCUT2D eigenvalue weighted by atomic mass is 16.5. The second-order valence-corrected chi connectivity index (χ2v) is 6.19. The van der Waals surface area contributed by atoms with Crippen LogP contribution in [0, 0.1) is 0 Å². The van der Waals surface area contributed by atoms with Gasteiger partial charge in [0.2, 0.25) is 0 Å². The fourth-order valence-corrected chi connectivity index (χ4v) is 2.29. The third-order valence-corrected chi connectivity index (χ3v) is 3.74. The second-order valence-electron chi connectivity index (χ2n) is 6.19. The van der Waals surface area contributed by atoms with E-state index in [1.54, 1.807) is 0 Å². The fourth-order valence-electron chi connectivity index (χ4n) is 2.29. The predicted octanol–water partition coefficient (Wildman–Crippen LogP) is 4.06. The van der Waals surface area contributed by atoms with Crippen molar-refractivity contribution < 1.29 is 9.47 Å². The number of benzene rings is 2. The van der Waals surface area contributed by atoms with Gasteiger partial charge < -0.3 is 19.3 Å². The Morgan fingerprint density at radius 2 is 1.08 bits per heavy atom. The molecule has 4 nitrogen and oxygen atoms in total. The summed E-state index contributed by atoms with van der Waals surface area (Å²) in [4.78, 5) is 4.14. The SMILES string of the molecule is CN(C)c1cccc(OCCCCOc2cccc(N(C)C)c2)c1. The zero-order valence-corrected chi connectivity index (χ0v) is 15.2. The van der Waals surface area contributed by atoms with E-state index in [9.17, 15) is 0 Å². The molecule has 0 aliphatic carbocycles. The molecular weight excluding hydrogens is 300 g/mol. The van der Waals surface area contributed by atoms with E-state index >= 15 is 0 Å². The molecule has 0 bridgehead atoms.